The van der Waals surface area contributed by atoms with E-state index in [0.29, 0.717) is 29.5 Å². The van der Waals surface area contributed by atoms with Crippen LogP contribution in [0.4, 0.5) is 0 Å². The van der Waals surface area contributed by atoms with Gasteiger partial charge in [-0.3, -0.25) is 9.48 Å². The highest BCUT2D eigenvalue weighted by Crippen LogP contribution is 2.24. The van der Waals surface area contributed by atoms with Crippen molar-refractivity contribution in [2.75, 3.05) is 0 Å². The molecule has 0 saturated carbocycles. The summed E-state index contributed by atoms with van der Waals surface area (Å²) in [5.41, 5.74) is 5.49. The van der Waals surface area contributed by atoms with E-state index in [-0.39, 0.29) is 5.91 Å². The molecule has 4 rings (SSSR count). The minimum absolute atomic E-state index is 0.242. The largest absolute Gasteiger partial charge is 0.340 e. The van der Waals surface area contributed by atoms with E-state index in [4.69, 9.17) is 9.62 Å². The molecule has 0 bridgehead atoms. The third-order valence-electron chi connectivity index (χ3n) is 5.06. The SMILES string of the molecule is Cc1ccc(Cn2cc(C(=O)NC(C)c3nc(C)no3)c(-c3ccc(C)cc3)n2)cc1. The quantitative estimate of drug-likeness (QED) is 0.504. The van der Waals surface area contributed by atoms with E-state index in [1.54, 1.807) is 17.8 Å². The summed E-state index contributed by atoms with van der Waals surface area (Å²) in [7, 11) is 0. The molecular formula is C24H25N5O2. The molecule has 0 radical (unpaired) electrons. The Balaban J connectivity index is 1.65. The van der Waals surface area contributed by atoms with Crippen LogP contribution < -0.4 is 5.32 Å². The molecule has 158 valence electrons. The Kier molecular flexibility index (Phi) is 5.66. The Labute approximate surface area is 181 Å². The first-order valence-corrected chi connectivity index (χ1v) is 10.2. The fourth-order valence-electron chi connectivity index (χ4n) is 3.30. The molecule has 31 heavy (non-hydrogen) atoms. The predicted molar refractivity (Wildman–Crippen MR) is 118 cm³/mol. The molecule has 7 nitrogen and oxygen atoms in total. The van der Waals surface area contributed by atoms with Gasteiger partial charge in [-0.25, -0.2) is 0 Å². The van der Waals surface area contributed by atoms with Crippen LogP contribution in [0, 0.1) is 20.8 Å². The second-order valence-corrected chi connectivity index (χ2v) is 7.82. The van der Waals surface area contributed by atoms with Crippen LogP contribution in [0.15, 0.2) is 59.3 Å². The first-order valence-electron chi connectivity index (χ1n) is 10.2. The Hall–Kier alpha value is -3.74. The van der Waals surface area contributed by atoms with Gasteiger partial charge in [0, 0.05) is 11.8 Å². The third kappa shape index (κ3) is 4.71. The van der Waals surface area contributed by atoms with Crippen LogP contribution in [-0.4, -0.2) is 25.8 Å². The number of amides is 1. The summed E-state index contributed by atoms with van der Waals surface area (Å²) in [6, 6.07) is 15.9. The number of hydrogen-bond donors (Lipinski definition) is 1. The number of aromatic nitrogens is 4. The Morgan fingerprint density at radius 1 is 1.03 bits per heavy atom. The van der Waals surface area contributed by atoms with Crippen LogP contribution in [-0.2, 0) is 6.54 Å². The average Bonchev–Trinajstić information content (AvgIpc) is 3.37. The third-order valence-corrected chi connectivity index (χ3v) is 5.06. The van der Waals surface area contributed by atoms with Gasteiger partial charge in [-0.2, -0.15) is 10.1 Å². The standard InChI is InChI=1S/C24H25N5O2/c1-15-5-9-19(10-6-15)13-29-14-21(22(27-29)20-11-7-16(2)8-12-20)23(30)25-17(3)24-26-18(4)28-31-24/h5-12,14,17H,13H2,1-4H3,(H,25,30). The summed E-state index contributed by atoms with van der Waals surface area (Å²) in [5.74, 6) is 0.659. The fourth-order valence-corrected chi connectivity index (χ4v) is 3.30. The Bertz CT molecular complexity index is 1190. The van der Waals surface area contributed by atoms with Crippen LogP contribution >= 0.6 is 0 Å². The number of rotatable bonds is 6. The number of carbonyl (C=O) groups excluding carboxylic acids is 1. The summed E-state index contributed by atoms with van der Waals surface area (Å²) in [6.45, 7) is 8.22. The monoisotopic (exact) mass is 415 g/mol. The normalized spacial score (nSPS) is 12.0. The van der Waals surface area contributed by atoms with Gasteiger partial charge in [0.2, 0.25) is 5.89 Å². The van der Waals surface area contributed by atoms with Crippen LogP contribution in [0.5, 0.6) is 0 Å². The summed E-state index contributed by atoms with van der Waals surface area (Å²) in [6.07, 6.45) is 1.79. The highest BCUT2D eigenvalue weighted by Gasteiger charge is 2.22. The van der Waals surface area contributed by atoms with Crippen molar-refractivity contribution in [1.29, 1.82) is 0 Å². The molecule has 0 fully saturated rings. The molecule has 1 N–H and O–H groups in total. The van der Waals surface area contributed by atoms with E-state index in [9.17, 15) is 4.79 Å². The van der Waals surface area contributed by atoms with Crippen LogP contribution in [0.2, 0.25) is 0 Å². The smallest absolute Gasteiger partial charge is 0.255 e. The molecule has 0 aliphatic carbocycles. The van der Waals surface area contributed by atoms with Crippen molar-refractivity contribution < 1.29 is 9.32 Å². The maximum absolute atomic E-state index is 13.2. The molecule has 0 saturated heterocycles. The summed E-state index contributed by atoms with van der Waals surface area (Å²) >= 11 is 0. The zero-order chi connectivity index (χ0) is 22.0. The lowest BCUT2D eigenvalue weighted by atomic mass is 10.1. The van der Waals surface area contributed by atoms with Gasteiger partial charge in [-0.1, -0.05) is 64.8 Å². The van der Waals surface area contributed by atoms with E-state index in [1.165, 1.54) is 5.56 Å². The van der Waals surface area contributed by atoms with Gasteiger partial charge < -0.3 is 9.84 Å². The first kappa shape index (κ1) is 20.5. The van der Waals surface area contributed by atoms with Gasteiger partial charge in [0.25, 0.3) is 5.91 Å². The molecular weight excluding hydrogens is 390 g/mol. The van der Waals surface area contributed by atoms with Crippen molar-refractivity contribution in [3.8, 4) is 11.3 Å². The van der Waals surface area contributed by atoms with E-state index in [0.717, 1.165) is 16.7 Å². The van der Waals surface area contributed by atoms with Crippen molar-refractivity contribution in [2.45, 2.75) is 40.3 Å². The lowest BCUT2D eigenvalue weighted by Crippen LogP contribution is -2.27. The van der Waals surface area contributed by atoms with E-state index in [1.807, 2.05) is 38.1 Å². The average molecular weight is 415 g/mol. The van der Waals surface area contributed by atoms with Crippen molar-refractivity contribution in [3.05, 3.63) is 88.7 Å². The summed E-state index contributed by atoms with van der Waals surface area (Å²) in [5, 5.41) is 11.5. The molecule has 7 heteroatoms. The lowest BCUT2D eigenvalue weighted by molar-refractivity contribution is 0.0933. The first-order chi connectivity index (χ1) is 14.9. The van der Waals surface area contributed by atoms with E-state index in [2.05, 4.69) is 46.6 Å². The van der Waals surface area contributed by atoms with Gasteiger partial charge in [0.15, 0.2) is 5.82 Å². The minimum Gasteiger partial charge on any atom is -0.340 e. The van der Waals surface area contributed by atoms with Gasteiger partial charge in [0.05, 0.1) is 12.1 Å². The molecule has 1 atom stereocenters. The van der Waals surface area contributed by atoms with Crippen LogP contribution in [0.25, 0.3) is 11.3 Å². The Morgan fingerprint density at radius 3 is 2.29 bits per heavy atom. The van der Waals surface area contributed by atoms with Crippen molar-refractivity contribution in [1.82, 2.24) is 25.2 Å². The number of carbonyl (C=O) groups is 1. The number of nitrogens with one attached hydrogen (secondary N) is 1. The van der Waals surface area contributed by atoms with Crippen molar-refractivity contribution in [2.24, 2.45) is 0 Å². The topological polar surface area (TPSA) is 85.8 Å². The van der Waals surface area contributed by atoms with Crippen molar-refractivity contribution in [3.63, 3.8) is 0 Å². The van der Waals surface area contributed by atoms with Gasteiger partial charge >= 0.3 is 0 Å². The fraction of sp³-hybridized carbons (Fsp3) is 0.250. The number of nitrogens with zero attached hydrogens (tertiary/aromatic N) is 4. The molecule has 0 aliphatic heterocycles. The molecule has 2 aromatic carbocycles. The van der Waals surface area contributed by atoms with E-state index < -0.39 is 6.04 Å². The minimum atomic E-state index is -0.417. The number of hydrogen-bond acceptors (Lipinski definition) is 5. The van der Waals surface area contributed by atoms with Gasteiger partial charge in [-0.05, 0) is 33.3 Å². The predicted octanol–water partition coefficient (Wildman–Crippen LogP) is 4.40. The molecule has 1 amide bonds. The maximum Gasteiger partial charge on any atom is 0.255 e. The zero-order valence-corrected chi connectivity index (χ0v) is 18.1. The second-order valence-electron chi connectivity index (χ2n) is 7.82. The lowest BCUT2D eigenvalue weighted by Gasteiger charge is -2.09. The maximum atomic E-state index is 13.2. The number of benzene rings is 2. The summed E-state index contributed by atoms with van der Waals surface area (Å²) < 4.78 is 6.99. The summed E-state index contributed by atoms with van der Waals surface area (Å²) in [4.78, 5) is 17.4. The molecule has 0 aliphatic rings. The highest BCUT2D eigenvalue weighted by atomic mass is 16.5. The number of aryl methyl sites for hydroxylation is 3. The molecule has 2 heterocycles. The van der Waals surface area contributed by atoms with Crippen molar-refractivity contribution >= 4 is 5.91 Å². The second kappa shape index (κ2) is 8.55. The van der Waals surface area contributed by atoms with Crippen LogP contribution in [0.1, 0.15) is 51.7 Å². The zero-order valence-electron chi connectivity index (χ0n) is 18.1. The Morgan fingerprint density at radius 2 is 1.68 bits per heavy atom. The molecule has 0 spiro atoms. The molecule has 2 aromatic heterocycles. The molecule has 4 aromatic rings. The van der Waals surface area contributed by atoms with E-state index >= 15 is 0 Å². The van der Waals surface area contributed by atoms with Gasteiger partial charge in [-0.15, -0.1) is 0 Å². The molecule has 1 unspecified atom stereocenters. The highest BCUT2D eigenvalue weighted by molar-refractivity contribution is 6.00. The van der Waals surface area contributed by atoms with Crippen LogP contribution in [0.3, 0.4) is 0 Å². The van der Waals surface area contributed by atoms with Gasteiger partial charge in [0.1, 0.15) is 11.7 Å².